The summed E-state index contributed by atoms with van der Waals surface area (Å²) in [4.78, 5) is 12.6. The third-order valence-corrected chi connectivity index (χ3v) is 7.50. The maximum absolute atomic E-state index is 12.6. The molecule has 232 valence electrons. The normalized spacial score (nSPS) is 14.1. The lowest BCUT2D eigenvalue weighted by Crippen LogP contribution is -2.45. The van der Waals surface area contributed by atoms with Gasteiger partial charge in [0, 0.05) is 12.0 Å². The molecule has 0 radical (unpaired) electrons. The minimum absolute atomic E-state index is 0.265. The number of hydrogen-bond acceptors (Lipinski definition) is 6. The Balaban J connectivity index is 1.08. The quantitative estimate of drug-likeness (QED) is 0.0878. The van der Waals surface area contributed by atoms with Crippen LogP contribution in [0.2, 0.25) is 0 Å². The average molecular weight is 601 g/mol. The minimum atomic E-state index is -4.74. The van der Waals surface area contributed by atoms with Crippen molar-refractivity contribution in [1.82, 2.24) is 0 Å². The largest absolute Gasteiger partial charge is 0.573 e. The maximum Gasteiger partial charge on any atom is 0.573 e. The number of unbranched alkanes of at least 4 members (excludes halogenated alkanes) is 5. The van der Waals surface area contributed by atoms with E-state index >= 15 is 0 Å². The standard InChI is InChI=1S/C34H39F3O6/c1-2-33(24-40-25-33)23-39-21-7-5-3-4-6-8-22-41-29-15-13-28(14-16-29)32(38)42-30-17-9-26(10-18-30)27-11-19-31(20-12-27)43-34(35,36)37/h9-20H,2-8,21-25H2,1H3. The molecular weight excluding hydrogens is 561 g/mol. The topological polar surface area (TPSA) is 63.2 Å². The summed E-state index contributed by atoms with van der Waals surface area (Å²) < 4.78 is 63.4. The molecule has 3 aromatic rings. The van der Waals surface area contributed by atoms with Crippen LogP contribution in [0, 0.1) is 5.41 Å². The van der Waals surface area contributed by atoms with Crippen LogP contribution in [0.1, 0.15) is 62.2 Å². The third kappa shape index (κ3) is 10.6. The number of rotatable bonds is 17. The van der Waals surface area contributed by atoms with Crippen molar-refractivity contribution in [2.45, 2.75) is 58.2 Å². The van der Waals surface area contributed by atoms with E-state index in [0.29, 0.717) is 29.2 Å². The summed E-state index contributed by atoms with van der Waals surface area (Å²) in [5.41, 5.74) is 2.11. The second-order valence-corrected chi connectivity index (χ2v) is 10.9. The van der Waals surface area contributed by atoms with Crippen molar-refractivity contribution in [3.63, 3.8) is 0 Å². The Labute approximate surface area is 251 Å². The molecule has 1 heterocycles. The number of hydrogen-bond donors (Lipinski definition) is 0. The van der Waals surface area contributed by atoms with Gasteiger partial charge in [-0.25, -0.2) is 4.79 Å². The highest BCUT2D eigenvalue weighted by atomic mass is 19.4. The molecule has 0 saturated carbocycles. The summed E-state index contributed by atoms with van der Waals surface area (Å²) in [6, 6.07) is 19.1. The van der Waals surface area contributed by atoms with Crippen molar-refractivity contribution in [3.8, 4) is 28.4 Å². The first-order chi connectivity index (χ1) is 20.8. The number of halogens is 3. The number of carbonyl (C=O) groups excluding carboxylic acids is 1. The third-order valence-electron chi connectivity index (χ3n) is 7.50. The smallest absolute Gasteiger partial charge is 0.494 e. The number of esters is 1. The fourth-order valence-electron chi connectivity index (χ4n) is 4.69. The number of benzene rings is 3. The zero-order valence-corrected chi connectivity index (χ0v) is 24.5. The van der Waals surface area contributed by atoms with Crippen LogP contribution < -0.4 is 14.2 Å². The van der Waals surface area contributed by atoms with Crippen molar-refractivity contribution >= 4 is 5.97 Å². The fourth-order valence-corrected chi connectivity index (χ4v) is 4.69. The molecule has 1 fully saturated rings. The van der Waals surface area contributed by atoms with E-state index in [9.17, 15) is 18.0 Å². The van der Waals surface area contributed by atoms with Crippen LogP contribution in [0.25, 0.3) is 11.1 Å². The van der Waals surface area contributed by atoms with Gasteiger partial charge < -0.3 is 23.7 Å². The van der Waals surface area contributed by atoms with Gasteiger partial charge in [0.1, 0.15) is 17.2 Å². The summed E-state index contributed by atoms with van der Waals surface area (Å²) in [6.45, 7) is 6.12. The first-order valence-corrected chi connectivity index (χ1v) is 14.8. The van der Waals surface area contributed by atoms with Crippen LogP contribution in [0.3, 0.4) is 0 Å². The van der Waals surface area contributed by atoms with Gasteiger partial charge in [-0.05, 0) is 78.9 Å². The molecule has 0 aromatic heterocycles. The highest BCUT2D eigenvalue weighted by Crippen LogP contribution is 2.31. The molecule has 0 unspecified atom stereocenters. The van der Waals surface area contributed by atoms with E-state index in [4.69, 9.17) is 18.9 Å². The van der Waals surface area contributed by atoms with E-state index in [1.54, 1.807) is 48.5 Å². The SMILES string of the molecule is CCC1(COCCCCCCCCOc2ccc(C(=O)Oc3ccc(-c4ccc(OC(F)(F)F)cc4)cc3)cc2)COC1. The molecule has 0 atom stereocenters. The molecule has 9 heteroatoms. The molecule has 6 nitrogen and oxygen atoms in total. The van der Waals surface area contributed by atoms with Crippen LogP contribution in [-0.4, -0.2) is 45.4 Å². The Morgan fingerprint density at radius 1 is 0.744 bits per heavy atom. The van der Waals surface area contributed by atoms with Gasteiger partial charge >= 0.3 is 12.3 Å². The molecule has 0 amide bonds. The second-order valence-electron chi connectivity index (χ2n) is 10.9. The predicted molar refractivity (Wildman–Crippen MR) is 158 cm³/mol. The summed E-state index contributed by atoms with van der Waals surface area (Å²) in [5.74, 6) is 0.265. The Morgan fingerprint density at radius 3 is 1.81 bits per heavy atom. The first kappa shape index (κ1) is 32.4. The lowest BCUT2D eigenvalue weighted by molar-refractivity contribution is -0.274. The summed E-state index contributed by atoms with van der Waals surface area (Å²) >= 11 is 0. The van der Waals surface area contributed by atoms with E-state index in [0.717, 1.165) is 57.7 Å². The van der Waals surface area contributed by atoms with Crippen molar-refractivity contribution in [3.05, 3.63) is 78.4 Å². The highest BCUT2D eigenvalue weighted by Gasteiger charge is 2.36. The second kappa shape index (κ2) is 15.8. The van der Waals surface area contributed by atoms with E-state index in [-0.39, 0.29) is 11.2 Å². The van der Waals surface area contributed by atoms with Gasteiger partial charge in [-0.1, -0.05) is 56.9 Å². The Hall–Kier alpha value is -3.56. The lowest BCUT2D eigenvalue weighted by atomic mass is 9.84. The molecule has 0 N–H and O–H groups in total. The van der Waals surface area contributed by atoms with Crippen molar-refractivity contribution in [1.29, 1.82) is 0 Å². The van der Waals surface area contributed by atoms with Crippen LogP contribution in [0.5, 0.6) is 17.2 Å². The lowest BCUT2D eigenvalue weighted by Gasteiger charge is -2.40. The monoisotopic (exact) mass is 600 g/mol. The average Bonchev–Trinajstić information content (AvgIpc) is 2.97. The molecule has 0 bridgehead atoms. The fraction of sp³-hybridized carbons (Fsp3) is 0.441. The maximum atomic E-state index is 12.6. The zero-order valence-electron chi connectivity index (χ0n) is 24.5. The molecular formula is C34H39F3O6. The molecule has 1 saturated heterocycles. The molecule has 1 aliphatic heterocycles. The van der Waals surface area contributed by atoms with Gasteiger partial charge in [0.2, 0.25) is 0 Å². The van der Waals surface area contributed by atoms with Crippen LogP contribution in [0.4, 0.5) is 13.2 Å². The van der Waals surface area contributed by atoms with Gasteiger partial charge in [0.05, 0.1) is 32.0 Å². The van der Waals surface area contributed by atoms with Gasteiger partial charge in [0.15, 0.2) is 0 Å². The van der Waals surface area contributed by atoms with Crippen molar-refractivity contribution < 1.29 is 41.7 Å². The Bertz CT molecular complexity index is 1250. The Morgan fingerprint density at radius 2 is 1.28 bits per heavy atom. The van der Waals surface area contributed by atoms with Gasteiger partial charge in [0.25, 0.3) is 0 Å². The van der Waals surface area contributed by atoms with Crippen LogP contribution >= 0.6 is 0 Å². The van der Waals surface area contributed by atoms with Crippen LogP contribution in [0.15, 0.2) is 72.8 Å². The molecule has 4 rings (SSSR count). The predicted octanol–water partition coefficient (Wildman–Crippen LogP) is 8.63. The minimum Gasteiger partial charge on any atom is -0.494 e. The number of ether oxygens (including phenoxy) is 5. The van der Waals surface area contributed by atoms with E-state index in [2.05, 4.69) is 11.7 Å². The summed E-state index contributed by atoms with van der Waals surface area (Å²) in [5, 5.41) is 0. The van der Waals surface area contributed by atoms with E-state index in [1.807, 2.05) is 0 Å². The van der Waals surface area contributed by atoms with Gasteiger partial charge in [-0.3, -0.25) is 0 Å². The van der Waals surface area contributed by atoms with E-state index in [1.165, 1.54) is 43.5 Å². The molecule has 1 aliphatic rings. The molecule has 43 heavy (non-hydrogen) atoms. The first-order valence-electron chi connectivity index (χ1n) is 14.8. The Kier molecular flexibility index (Phi) is 11.9. The van der Waals surface area contributed by atoms with Crippen molar-refractivity contribution in [2.24, 2.45) is 5.41 Å². The van der Waals surface area contributed by atoms with Gasteiger partial charge in [-0.2, -0.15) is 0 Å². The zero-order chi connectivity index (χ0) is 30.5. The summed E-state index contributed by atoms with van der Waals surface area (Å²) in [7, 11) is 0. The number of carbonyl (C=O) groups is 1. The van der Waals surface area contributed by atoms with Gasteiger partial charge in [-0.15, -0.1) is 13.2 Å². The molecule has 0 spiro atoms. The van der Waals surface area contributed by atoms with E-state index < -0.39 is 12.3 Å². The molecule has 0 aliphatic carbocycles. The molecule has 3 aromatic carbocycles. The van der Waals surface area contributed by atoms with Crippen molar-refractivity contribution in [2.75, 3.05) is 33.0 Å². The summed E-state index contributed by atoms with van der Waals surface area (Å²) in [6.07, 6.45) is 3.10. The highest BCUT2D eigenvalue weighted by molar-refractivity contribution is 5.91. The number of alkyl halides is 3. The van der Waals surface area contributed by atoms with Crippen LogP contribution in [-0.2, 0) is 9.47 Å².